The van der Waals surface area contributed by atoms with E-state index in [2.05, 4.69) is 29.8 Å². The molecule has 1 aromatic carbocycles. The van der Waals surface area contributed by atoms with E-state index in [1.807, 2.05) is 6.07 Å². The number of benzene rings is 1. The Kier molecular flexibility index (Phi) is 3.80. The van der Waals surface area contributed by atoms with E-state index in [-0.39, 0.29) is 12.5 Å². The minimum atomic E-state index is 0.223. The first-order chi connectivity index (χ1) is 9.72. The lowest BCUT2D eigenvalue weighted by molar-refractivity contribution is 0.174. The summed E-state index contributed by atoms with van der Waals surface area (Å²) in [5.41, 5.74) is 0.826. The predicted molar refractivity (Wildman–Crippen MR) is 78.6 cm³/mol. The van der Waals surface area contributed by atoms with Gasteiger partial charge in [0.25, 0.3) is 0 Å². The lowest BCUT2D eigenvalue weighted by Gasteiger charge is -2.14. The normalized spacial score (nSPS) is 14.4. The van der Waals surface area contributed by atoms with Crippen LogP contribution in [0, 0.1) is 0 Å². The molecule has 1 unspecified atom stereocenters. The van der Waals surface area contributed by atoms with Crippen molar-refractivity contribution in [2.75, 3.05) is 6.79 Å². The molecule has 4 nitrogen and oxygen atoms in total. The Morgan fingerprint density at radius 2 is 2.15 bits per heavy atom. The Morgan fingerprint density at radius 3 is 2.90 bits per heavy atom. The van der Waals surface area contributed by atoms with Crippen LogP contribution < -0.4 is 14.8 Å². The van der Waals surface area contributed by atoms with Gasteiger partial charge in [-0.3, -0.25) is 0 Å². The van der Waals surface area contributed by atoms with Crippen LogP contribution in [-0.4, -0.2) is 17.9 Å². The van der Waals surface area contributed by atoms with Crippen LogP contribution in [0.5, 0.6) is 17.2 Å². The van der Waals surface area contributed by atoms with Crippen molar-refractivity contribution in [3.63, 3.8) is 0 Å². The van der Waals surface area contributed by atoms with Crippen molar-refractivity contribution in [3.05, 3.63) is 40.1 Å². The fourth-order valence-electron chi connectivity index (χ4n) is 2.20. The maximum Gasteiger partial charge on any atom is 0.231 e. The molecule has 3 rings (SSSR count). The Bertz CT molecular complexity index is 583. The highest BCUT2D eigenvalue weighted by Gasteiger charge is 2.17. The molecule has 1 atom stereocenters. The fourth-order valence-corrected chi connectivity index (χ4v) is 3.04. The Labute approximate surface area is 122 Å². The number of phenolic OH excluding ortho intramolecular Hbond substituents is 1. The monoisotopic (exact) mass is 291 g/mol. The van der Waals surface area contributed by atoms with Crippen molar-refractivity contribution < 1.29 is 14.6 Å². The van der Waals surface area contributed by atoms with Crippen LogP contribution in [-0.2, 0) is 13.0 Å². The summed E-state index contributed by atoms with van der Waals surface area (Å²) in [4.78, 5) is 1.36. The van der Waals surface area contributed by atoms with Gasteiger partial charge in [0.2, 0.25) is 6.79 Å². The van der Waals surface area contributed by atoms with Gasteiger partial charge in [0, 0.05) is 29.1 Å². The first-order valence-electron chi connectivity index (χ1n) is 6.59. The van der Waals surface area contributed by atoms with Crippen LogP contribution in [0.2, 0.25) is 0 Å². The maximum atomic E-state index is 9.97. The molecular formula is C15H17NO3S. The van der Waals surface area contributed by atoms with E-state index in [1.54, 1.807) is 17.4 Å². The van der Waals surface area contributed by atoms with E-state index in [4.69, 9.17) is 9.47 Å². The Balaban J connectivity index is 1.60. The standard InChI is InChI=1S/C15H17NO3S/c1-10(5-12-3-2-4-20-12)16-8-11-6-14-15(7-13(11)17)19-9-18-14/h2-4,6-7,10,16-17H,5,8-9H2,1H3. The molecule has 0 amide bonds. The van der Waals surface area contributed by atoms with Crippen LogP contribution in [0.25, 0.3) is 0 Å². The minimum absolute atomic E-state index is 0.223. The minimum Gasteiger partial charge on any atom is -0.507 e. The smallest absolute Gasteiger partial charge is 0.231 e. The van der Waals surface area contributed by atoms with Crippen LogP contribution >= 0.6 is 11.3 Å². The van der Waals surface area contributed by atoms with Crippen LogP contribution in [0.1, 0.15) is 17.4 Å². The summed E-state index contributed by atoms with van der Waals surface area (Å²) in [5, 5.41) is 15.5. The molecule has 0 saturated carbocycles. The number of ether oxygens (including phenoxy) is 2. The lowest BCUT2D eigenvalue weighted by Crippen LogP contribution is -2.27. The molecule has 20 heavy (non-hydrogen) atoms. The summed E-state index contributed by atoms with van der Waals surface area (Å²) in [5.74, 6) is 1.55. The molecule has 1 aromatic heterocycles. The molecule has 5 heteroatoms. The SMILES string of the molecule is CC(Cc1cccs1)NCc1cc2c(cc1O)OCO2. The molecule has 0 radical (unpaired) electrons. The largest absolute Gasteiger partial charge is 0.507 e. The van der Waals surface area contributed by atoms with Crippen molar-refractivity contribution >= 4 is 11.3 Å². The van der Waals surface area contributed by atoms with Gasteiger partial charge in [-0.05, 0) is 30.9 Å². The van der Waals surface area contributed by atoms with Gasteiger partial charge in [0.1, 0.15) is 5.75 Å². The van der Waals surface area contributed by atoms with E-state index < -0.39 is 0 Å². The number of phenols is 1. The molecule has 1 aliphatic heterocycles. The van der Waals surface area contributed by atoms with Crippen molar-refractivity contribution in [2.45, 2.75) is 25.9 Å². The summed E-state index contributed by atoms with van der Waals surface area (Å²) in [6.07, 6.45) is 0.989. The molecule has 2 aromatic rings. The molecule has 106 valence electrons. The number of rotatable bonds is 5. The highest BCUT2D eigenvalue weighted by molar-refractivity contribution is 7.09. The number of hydrogen-bond acceptors (Lipinski definition) is 5. The van der Waals surface area contributed by atoms with E-state index in [1.165, 1.54) is 4.88 Å². The van der Waals surface area contributed by atoms with Gasteiger partial charge in [0.15, 0.2) is 11.5 Å². The highest BCUT2D eigenvalue weighted by Crippen LogP contribution is 2.37. The number of aromatic hydroxyl groups is 1. The Hall–Kier alpha value is -1.72. The lowest BCUT2D eigenvalue weighted by atomic mass is 10.1. The molecule has 0 fully saturated rings. The van der Waals surface area contributed by atoms with Gasteiger partial charge in [-0.2, -0.15) is 0 Å². The van der Waals surface area contributed by atoms with Gasteiger partial charge >= 0.3 is 0 Å². The highest BCUT2D eigenvalue weighted by atomic mass is 32.1. The average Bonchev–Trinajstić information content (AvgIpc) is 3.06. The van der Waals surface area contributed by atoms with E-state index in [0.717, 1.165) is 12.0 Å². The summed E-state index contributed by atoms with van der Waals surface area (Å²) < 4.78 is 10.6. The molecule has 0 saturated heterocycles. The van der Waals surface area contributed by atoms with Gasteiger partial charge in [-0.1, -0.05) is 6.07 Å². The number of hydrogen-bond donors (Lipinski definition) is 2. The van der Waals surface area contributed by atoms with Crippen molar-refractivity contribution in [3.8, 4) is 17.2 Å². The predicted octanol–water partition coefficient (Wildman–Crippen LogP) is 2.90. The Morgan fingerprint density at radius 1 is 1.35 bits per heavy atom. The van der Waals surface area contributed by atoms with Crippen molar-refractivity contribution in [1.29, 1.82) is 0 Å². The third kappa shape index (κ3) is 2.89. The number of thiophene rings is 1. The average molecular weight is 291 g/mol. The van der Waals surface area contributed by atoms with Crippen molar-refractivity contribution in [1.82, 2.24) is 5.32 Å². The summed E-state index contributed by atoms with van der Waals surface area (Å²) in [6.45, 7) is 2.97. The van der Waals surface area contributed by atoms with Gasteiger partial charge < -0.3 is 19.9 Å². The van der Waals surface area contributed by atoms with Gasteiger partial charge in [-0.15, -0.1) is 11.3 Å². The fraction of sp³-hybridized carbons (Fsp3) is 0.333. The zero-order valence-corrected chi connectivity index (χ0v) is 12.1. The zero-order chi connectivity index (χ0) is 13.9. The summed E-state index contributed by atoms with van der Waals surface area (Å²) in [6, 6.07) is 8.00. The second kappa shape index (κ2) is 5.73. The quantitative estimate of drug-likeness (QED) is 0.889. The summed E-state index contributed by atoms with van der Waals surface area (Å²) >= 11 is 1.77. The number of fused-ring (bicyclic) bond motifs is 1. The third-order valence-electron chi connectivity index (χ3n) is 3.30. The summed E-state index contributed by atoms with van der Waals surface area (Å²) in [7, 11) is 0. The third-order valence-corrected chi connectivity index (χ3v) is 4.20. The van der Waals surface area contributed by atoms with Crippen LogP contribution in [0.4, 0.5) is 0 Å². The first-order valence-corrected chi connectivity index (χ1v) is 7.47. The molecule has 1 aliphatic rings. The maximum absolute atomic E-state index is 9.97. The van der Waals surface area contributed by atoms with Gasteiger partial charge in [0.05, 0.1) is 0 Å². The van der Waals surface area contributed by atoms with Crippen LogP contribution in [0.3, 0.4) is 0 Å². The first kappa shape index (κ1) is 13.3. The van der Waals surface area contributed by atoms with E-state index in [0.29, 0.717) is 24.1 Å². The van der Waals surface area contributed by atoms with E-state index in [9.17, 15) is 5.11 Å². The topological polar surface area (TPSA) is 50.7 Å². The molecule has 2 heterocycles. The van der Waals surface area contributed by atoms with Crippen molar-refractivity contribution in [2.24, 2.45) is 0 Å². The zero-order valence-electron chi connectivity index (χ0n) is 11.3. The number of nitrogens with one attached hydrogen (secondary N) is 1. The molecule has 0 bridgehead atoms. The molecule has 0 spiro atoms. The second-order valence-corrected chi connectivity index (χ2v) is 5.93. The molecule has 2 N–H and O–H groups in total. The van der Waals surface area contributed by atoms with Crippen LogP contribution in [0.15, 0.2) is 29.6 Å². The molecule has 0 aliphatic carbocycles. The molecular weight excluding hydrogens is 274 g/mol. The van der Waals surface area contributed by atoms with Gasteiger partial charge in [-0.25, -0.2) is 0 Å². The second-order valence-electron chi connectivity index (χ2n) is 4.90. The van der Waals surface area contributed by atoms with E-state index >= 15 is 0 Å².